The number of anilines is 1. The molecule has 0 spiro atoms. The first-order valence-electron chi connectivity index (χ1n) is 5.21. The zero-order valence-corrected chi connectivity index (χ0v) is 9.46. The molecule has 0 saturated heterocycles. The molecule has 0 saturated carbocycles. The number of amidine groups is 1. The monoisotopic (exact) mass is 205 g/mol. The first-order chi connectivity index (χ1) is 7.11. The van der Waals surface area contributed by atoms with Crippen LogP contribution < -0.4 is 10.6 Å². The summed E-state index contributed by atoms with van der Waals surface area (Å²) in [6, 6.07) is 8.31. The third-order valence-electron chi connectivity index (χ3n) is 2.47. The van der Waals surface area contributed by atoms with E-state index >= 15 is 0 Å². The van der Waals surface area contributed by atoms with Crippen molar-refractivity contribution >= 4 is 11.5 Å². The van der Waals surface area contributed by atoms with Gasteiger partial charge in [-0.1, -0.05) is 18.2 Å². The number of hydrogen-bond acceptors (Lipinski definition) is 2. The third-order valence-corrected chi connectivity index (χ3v) is 2.47. The summed E-state index contributed by atoms with van der Waals surface area (Å²) in [5.74, 6) is 0.271. The Bertz CT molecular complexity index is 333. The highest BCUT2D eigenvalue weighted by atomic mass is 15.1. The Kier molecular flexibility index (Phi) is 4.16. The van der Waals surface area contributed by atoms with Gasteiger partial charge in [-0.3, -0.25) is 5.41 Å². The lowest BCUT2D eigenvalue weighted by molar-refractivity contribution is 0.809. The van der Waals surface area contributed by atoms with Crippen molar-refractivity contribution in [1.29, 1.82) is 5.41 Å². The van der Waals surface area contributed by atoms with Gasteiger partial charge >= 0.3 is 0 Å². The highest BCUT2D eigenvalue weighted by molar-refractivity contribution is 5.76. The van der Waals surface area contributed by atoms with Crippen LogP contribution in [-0.2, 0) is 0 Å². The second-order valence-electron chi connectivity index (χ2n) is 3.84. The minimum absolute atomic E-state index is 0.271. The summed E-state index contributed by atoms with van der Waals surface area (Å²) < 4.78 is 0. The van der Waals surface area contributed by atoms with Gasteiger partial charge in [0.2, 0.25) is 0 Å². The Morgan fingerprint density at radius 3 is 2.67 bits per heavy atom. The maximum absolute atomic E-state index is 7.14. The van der Waals surface area contributed by atoms with Gasteiger partial charge < -0.3 is 10.6 Å². The van der Waals surface area contributed by atoms with Crippen LogP contribution in [0.25, 0.3) is 0 Å². The molecule has 0 fully saturated rings. The van der Waals surface area contributed by atoms with E-state index in [9.17, 15) is 0 Å². The fraction of sp³-hybridized carbons (Fsp3) is 0.417. The SMILES string of the molecule is Cc1ccccc1N(C)CCCC(=N)N. The van der Waals surface area contributed by atoms with Crippen LogP contribution in [0.4, 0.5) is 5.69 Å². The lowest BCUT2D eigenvalue weighted by Gasteiger charge is -2.21. The molecule has 1 aromatic rings. The first kappa shape index (κ1) is 11.6. The molecule has 0 radical (unpaired) electrons. The lowest BCUT2D eigenvalue weighted by atomic mass is 10.2. The molecule has 0 bridgehead atoms. The Morgan fingerprint density at radius 2 is 2.07 bits per heavy atom. The number of para-hydroxylation sites is 1. The fourth-order valence-electron chi connectivity index (χ4n) is 1.62. The molecule has 0 heterocycles. The van der Waals surface area contributed by atoms with Gasteiger partial charge in [0, 0.05) is 25.7 Å². The number of benzene rings is 1. The molecule has 3 nitrogen and oxygen atoms in total. The minimum Gasteiger partial charge on any atom is -0.388 e. The molecule has 3 heteroatoms. The van der Waals surface area contributed by atoms with Crippen LogP contribution >= 0.6 is 0 Å². The van der Waals surface area contributed by atoms with Gasteiger partial charge in [0.1, 0.15) is 0 Å². The molecule has 0 atom stereocenters. The van der Waals surface area contributed by atoms with E-state index in [1.807, 2.05) is 12.1 Å². The second-order valence-corrected chi connectivity index (χ2v) is 3.84. The highest BCUT2D eigenvalue weighted by Gasteiger charge is 2.02. The quantitative estimate of drug-likeness (QED) is 0.571. The van der Waals surface area contributed by atoms with Crippen LogP contribution in [0, 0.1) is 12.3 Å². The number of nitrogens with one attached hydrogen (secondary N) is 1. The summed E-state index contributed by atoms with van der Waals surface area (Å²) in [7, 11) is 2.07. The average molecular weight is 205 g/mol. The van der Waals surface area contributed by atoms with Gasteiger partial charge in [0.25, 0.3) is 0 Å². The molecule has 0 aliphatic carbocycles. The van der Waals surface area contributed by atoms with Crippen LogP contribution in [0.2, 0.25) is 0 Å². The average Bonchev–Trinajstić information content (AvgIpc) is 2.17. The molecule has 3 N–H and O–H groups in total. The van der Waals surface area contributed by atoms with Crippen molar-refractivity contribution in [2.75, 3.05) is 18.5 Å². The van der Waals surface area contributed by atoms with Crippen LogP contribution in [0.5, 0.6) is 0 Å². The molecule has 15 heavy (non-hydrogen) atoms. The van der Waals surface area contributed by atoms with E-state index in [2.05, 4.69) is 31.0 Å². The van der Waals surface area contributed by atoms with E-state index in [1.54, 1.807) is 0 Å². The summed E-state index contributed by atoms with van der Waals surface area (Å²) in [6.45, 7) is 3.04. The van der Waals surface area contributed by atoms with Crippen molar-refractivity contribution in [2.24, 2.45) is 5.73 Å². The van der Waals surface area contributed by atoms with Gasteiger partial charge in [0.05, 0.1) is 5.84 Å². The van der Waals surface area contributed by atoms with E-state index in [1.165, 1.54) is 11.3 Å². The van der Waals surface area contributed by atoms with Crippen molar-refractivity contribution in [3.05, 3.63) is 29.8 Å². The van der Waals surface area contributed by atoms with Crippen LogP contribution in [0.15, 0.2) is 24.3 Å². The minimum atomic E-state index is 0.271. The molecule has 1 rings (SSSR count). The van der Waals surface area contributed by atoms with Crippen molar-refractivity contribution in [3.8, 4) is 0 Å². The molecule has 0 aromatic heterocycles. The van der Waals surface area contributed by atoms with Crippen LogP contribution in [-0.4, -0.2) is 19.4 Å². The molecule has 0 aliphatic rings. The number of aryl methyl sites for hydroxylation is 1. The Morgan fingerprint density at radius 1 is 1.40 bits per heavy atom. The largest absolute Gasteiger partial charge is 0.388 e. The van der Waals surface area contributed by atoms with Gasteiger partial charge in [0.15, 0.2) is 0 Å². The smallest absolute Gasteiger partial charge is 0.0905 e. The van der Waals surface area contributed by atoms with Crippen LogP contribution in [0.3, 0.4) is 0 Å². The highest BCUT2D eigenvalue weighted by Crippen LogP contribution is 2.17. The van der Waals surface area contributed by atoms with Crippen molar-refractivity contribution in [1.82, 2.24) is 0 Å². The van der Waals surface area contributed by atoms with Gasteiger partial charge in [-0.15, -0.1) is 0 Å². The van der Waals surface area contributed by atoms with E-state index in [0.717, 1.165) is 13.0 Å². The summed E-state index contributed by atoms with van der Waals surface area (Å²) in [6.07, 6.45) is 1.61. The van der Waals surface area contributed by atoms with E-state index in [4.69, 9.17) is 11.1 Å². The standard InChI is InChI=1S/C12H19N3/c1-10-6-3-4-7-11(10)15(2)9-5-8-12(13)14/h3-4,6-7H,5,8-9H2,1-2H3,(H3,13,14). The molecular formula is C12H19N3. The van der Waals surface area contributed by atoms with Crippen molar-refractivity contribution in [3.63, 3.8) is 0 Å². The predicted octanol–water partition coefficient (Wildman–Crippen LogP) is 2.15. The summed E-state index contributed by atoms with van der Waals surface area (Å²) in [4.78, 5) is 2.21. The summed E-state index contributed by atoms with van der Waals surface area (Å²) in [5.41, 5.74) is 7.84. The zero-order valence-electron chi connectivity index (χ0n) is 9.46. The summed E-state index contributed by atoms with van der Waals surface area (Å²) >= 11 is 0. The first-order valence-corrected chi connectivity index (χ1v) is 5.21. The van der Waals surface area contributed by atoms with Gasteiger partial charge in [-0.05, 0) is 25.0 Å². The molecule has 1 aromatic carbocycles. The summed E-state index contributed by atoms with van der Waals surface area (Å²) in [5, 5.41) is 7.14. The Labute approximate surface area is 91.4 Å². The van der Waals surface area contributed by atoms with E-state index < -0.39 is 0 Å². The third kappa shape index (κ3) is 3.62. The van der Waals surface area contributed by atoms with Crippen molar-refractivity contribution < 1.29 is 0 Å². The Hall–Kier alpha value is -1.51. The molecule has 0 amide bonds. The van der Waals surface area contributed by atoms with E-state index in [-0.39, 0.29) is 5.84 Å². The van der Waals surface area contributed by atoms with Crippen LogP contribution in [0.1, 0.15) is 18.4 Å². The molecular weight excluding hydrogens is 186 g/mol. The van der Waals surface area contributed by atoms with Gasteiger partial charge in [-0.2, -0.15) is 0 Å². The van der Waals surface area contributed by atoms with Gasteiger partial charge in [-0.25, -0.2) is 0 Å². The second kappa shape index (κ2) is 5.39. The zero-order chi connectivity index (χ0) is 11.3. The normalized spacial score (nSPS) is 10.0. The maximum atomic E-state index is 7.14. The number of nitrogens with zero attached hydrogens (tertiary/aromatic N) is 1. The van der Waals surface area contributed by atoms with Crippen molar-refractivity contribution in [2.45, 2.75) is 19.8 Å². The number of nitrogens with two attached hydrogens (primary N) is 1. The lowest BCUT2D eigenvalue weighted by Crippen LogP contribution is -2.21. The maximum Gasteiger partial charge on any atom is 0.0905 e. The predicted molar refractivity (Wildman–Crippen MR) is 65.6 cm³/mol. The topological polar surface area (TPSA) is 53.1 Å². The molecule has 0 aliphatic heterocycles. The Balaban J connectivity index is 2.50. The fourth-order valence-corrected chi connectivity index (χ4v) is 1.62. The number of rotatable bonds is 5. The van der Waals surface area contributed by atoms with E-state index in [0.29, 0.717) is 6.42 Å². The number of hydrogen-bond donors (Lipinski definition) is 2. The molecule has 82 valence electrons. The molecule has 0 unspecified atom stereocenters.